The van der Waals surface area contributed by atoms with Crippen molar-refractivity contribution in [2.75, 3.05) is 13.2 Å². The van der Waals surface area contributed by atoms with Crippen LogP contribution in [0.2, 0.25) is 5.02 Å². The molecule has 0 amide bonds. The number of carbonyl (C=O) groups excluding carboxylic acids is 2. The zero-order valence-corrected chi connectivity index (χ0v) is 20.4. The van der Waals surface area contributed by atoms with E-state index in [1.807, 2.05) is 20.8 Å². The molecule has 0 aliphatic carbocycles. The van der Waals surface area contributed by atoms with E-state index in [2.05, 4.69) is 26.7 Å². The first-order valence-electron chi connectivity index (χ1n) is 10.5. The number of imidazole rings is 2. The molecule has 11 heteroatoms. The van der Waals surface area contributed by atoms with Crippen molar-refractivity contribution in [2.24, 2.45) is 0 Å². The maximum absolute atomic E-state index is 11.9. The van der Waals surface area contributed by atoms with Gasteiger partial charge < -0.3 is 9.47 Å². The Morgan fingerprint density at radius 2 is 1.38 bits per heavy atom. The van der Waals surface area contributed by atoms with E-state index in [4.69, 9.17) is 21.1 Å². The number of rotatable bonds is 5. The summed E-state index contributed by atoms with van der Waals surface area (Å²) in [4.78, 5) is 32.0. The minimum absolute atomic E-state index is 0.238. The Morgan fingerprint density at radius 1 is 0.912 bits per heavy atom. The van der Waals surface area contributed by atoms with Crippen molar-refractivity contribution in [1.29, 1.82) is 0 Å². The first-order valence-corrected chi connectivity index (χ1v) is 10.9. The molecule has 0 fully saturated rings. The number of allylic oxidation sites excluding steroid dienone is 1. The lowest BCUT2D eigenvalue weighted by Gasteiger charge is -2.09. The topological polar surface area (TPSA) is 113 Å². The van der Waals surface area contributed by atoms with Crippen LogP contribution in [0.3, 0.4) is 0 Å². The van der Waals surface area contributed by atoms with E-state index in [0.717, 1.165) is 17.0 Å². The van der Waals surface area contributed by atoms with Gasteiger partial charge in [0.1, 0.15) is 10.6 Å². The SMILES string of the molecule is C=C(C)c1c(C(=O)OCC)cnn2cc(C)nc12.CCOC(=O)c1cnn2cc(C)nc2c1Cl. The number of carbonyl (C=O) groups is 2. The summed E-state index contributed by atoms with van der Waals surface area (Å²) in [7, 11) is 0. The third-order valence-corrected chi connectivity index (χ3v) is 4.96. The molecule has 4 aromatic rings. The van der Waals surface area contributed by atoms with Crippen LogP contribution >= 0.6 is 11.6 Å². The maximum atomic E-state index is 11.9. The van der Waals surface area contributed by atoms with Gasteiger partial charge in [0, 0.05) is 5.56 Å². The number of nitrogens with zero attached hydrogens (tertiary/aromatic N) is 6. The summed E-state index contributed by atoms with van der Waals surface area (Å²) in [6.45, 7) is 13.6. The Labute approximate surface area is 201 Å². The van der Waals surface area contributed by atoms with Gasteiger partial charge in [-0.25, -0.2) is 28.6 Å². The molecular formula is C23H25ClN6O4. The second-order valence-electron chi connectivity index (χ2n) is 7.33. The number of ether oxygens (including phenoxy) is 2. The number of hydrogen-bond acceptors (Lipinski definition) is 8. The fourth-order valence-corrected chi connectivity index (χ4v) is 3.46. The number of esters is 2. The minimum Gasteiger partial charge on any atom is -0.462 e. The highest BCUT2D eigenvalue weighted by atomic mass is 35.5. The van der Waals surface area contributed by atoms with Crippen LogP contribution in [0.25, 0.3) is 16.9 Å². The van der Waals surface area contributed by atoms with Crippen molar-refractivity contribution in [1.82, 2.24) is 29.2 Å². The lowest BCUT2D eigenvalue weighted by atomic mass is 10.1. The molecule has 0 spiro atoms. The standard InChI is InChI=1S/C13H15N3O2.C10H10ClN3O2/c1-5-18-13(17)10-6-14-16-7-9(4)15-12(16)11(10)8(2)3;1-3-16-10(15)7-4-12-14-5-6(2)13-9(14)8(7)11/h6-7H,2,5H2,1,3-4H3;4-5H,3H2,1-2H3. The molecule has 178 valence electrons. The quantitative estimate of drug-likeness (QED) is 0.389. The Hall–Kier alpha value is -3.79. The second kappa shape index (κ2) is 10.4. The first kappa shape index (κ1) is 24.8. The van der Waals surface area contributed by atoms with E-state index in [-0.39, 0.29) is 10.6 Å². The van der Waals surface area contributed by atoms with Crippen molar-refractivity contribution in [2.45, 2.75) is 34.6 Å². The van der Waals surface area contributed by atoms with E-state index in [0.29, 0.717) is 35.6 Å². The molecule has 4 aromatic heterocycles. The molecule has 0 N–H and O–H groups in total. The molecule has 0 saturated heterocycles. The molecule has 10 nitrogen and oxygen atoms in total. The van der Waals surface area contributed by atoms with Crippen molar-refractivity contribution in [3.8, 4) is 0 Å². The molecule has 0 radical (unpaired) electrons. The van der Waals surface area contributed by atoms with Gasteiger partial charge in [-0.15, -0.1) is 0 Å². The zero-order chi connectivity index (χ0) is 25.0. The molecule has 0 atom stereocenters. The molecule has 4 rings (SSSR count). The van der Waals surface area contributed by atoms with Crippen LogP contribution in [0.4, 0.5) is 0 Å². The van der Waals surface area contributed by atoms with Crippen molar-refractivity contribution >= 4 is 40.4 Å². The molecule has 0 aromatic carbocycles. The Bertz CT molecular complexity index is 1390. The van der Waals surface area contributed by atoms with Crippen LogP contribution < -0.4 is 0 Å². The molecule has 0 unspecified atom stereocenters. The fourth-order valence-electron chi connectivity index (χ4n) is 3.20. The summed E-state index contributed by atoms with van der Waals surface area (Å²) < 4.78 is 13.1. The van der Waals surface area contributed by atoms with Crippen LogP contribution in [0, 0.1) is 13.8 Å². The van der Waals surface area contributed by atoms with E-state index in [1.54, 1.807) is 30.8 Å². The Kier molecular flexibility index (Phi) is 7.62. The van der Waals surface area contributed by atoms with E-state index >= 15 is 0 Å². The third kappa shape index (κ3) is 5.07. The van der Waals surface area contributed by atoms with Crippen molar-refractivity contribution < 1.29 is 19.1 Å². The zero-order valence-electron chi connectivity index (χ0n) is 19.6. The Morgan fingerprint density at radius 3 is 1.91 bits per heavy atom. The fraction of sp³-hybridized carbons (Fsp3) is 0.304. The van der Waals surface area contributed by atoms with E-state index in [1.165, 1.54) is 16.9 Å². The van der Waals surface area contributed by atoms with Crippen LogP contribution in [0.5, 0.6) is 0 Å². The van der Waals surface area contributed by atoms with Gasteiger partial charge in [0.25, 0.3) is 0 Å². The number of aryl methyl sites for hydroxylation is 2. The molecule has 4 heterocycles. The summed E-state index contributed by atoms with van der Waals surface area (Å²) in [5, 5.41) is 8.46. The van der Waals surface area contributed by atoms with Crippen molar-refractivity contribution in [3.63, 3.8) is 0 Å². The summed E-state index contributed by atoms with van der Waals surface area (Å²) in [5.74, 6) is -0.880. The van der Waals surface area contributed by atoms with Crippen molar-refractivity contribution in [3.05, 3.63) is 64.5 Å². The normalized spacial score (nSPS) is 10.6. The van der Waals surface area contributed by atoms with Crippen LogP contribution in [0.1, 0.15) is 58.4 Å². The lowest BCUT2D eigenvalue weighted by Crippen LogP contribution is -2.10. The number of aromatic nitrogens is 6. The highest BCUT2D eigenvalue weighted by Gasteiger charge is 2.19. The molecule has 0 bridgehead atoms. The van der Waals surface area contributed by atoms with Gasteiger partial charge in [0.05, 0.1) is 55.0 Å². The van der Waals surface area contributed by atoms with Gasteiger partial charge >= 0.3 is 11.9 Å². The number of fused-ring (bicyclic) bond motifs is 2. The third-order valence-electron chi connectivity index (χ3n) is 4.58. The predicted octanol–water partition coefficient (Wildman–Crippen LogP) is 4.12. The molecule has 0 saturated carbocycles. The summed E-state index contributed by atoms with van der Waals surface area (Å²) in [5.41, 5.74) is 4.81. The van der Waals surface area contributed by atoms with Gasteiger partial charge in [0.2, 0.25) is 0 Å². The first-order chi connectivity index (χ1) is 16.2. The second-order valence-corrected chi connectivity index (χ2v) is 7.71. The van der Waals surface area contributed by atoms with Crippen LogP contribution in [-0.4, -0.2) is 54.3 Å². The summed E-state index contributed by atoms with van der Waals surface area (Å²) in [6.07, 6.45) is 6.41. The number of hydrogen-bond donors (Lipinski definition) is 0. The highest BCUT2D eigenvalue weighted by molar-refractivity contribution is 6.36. The smallest absolute Gasteiger partial charge is 0.341 e. The summed E-state index contributed by atoms with van der Waals surface area (Å²) in [6, 6.07) is 0. The average Bonchev–Trinajstić information content (AvgIpc) is 3.35. The maximum Gasteiger partial charge on any atom is 0.341 e. The summed E-state index contributed by atoms with van der Waals surface area (Å²) >= 11 is 6.06. The van der Waals surface area contributed by atoms with E-state index in [9.17, 15) is 9.59 Å². The molecule has 0 aliphatic rings. The molecule has 34 heavy (non-hydrogen) atoms. The van der Waals surface area contributed by atoms with Gasteiger partial charge in [-0.05, 0) is 40.2 Å². The number of halogens is 1. The van der Waals surface area contributed by atoms with Crippen LogP contribution in [0.15, 0.2) is 31.4 Å². The molecule has 0 aliphatic heterocycles. The highest BCUT2D eigenvalue weighted by Crippen LogP contribution is 2.23. The lowest BCUT2D eigenvalue weighted by molar-refractivity contribution is 0.0516. The van der Waals surface area contributed by atoms with Gasteiger partial charge in [-0.3, -0.25) is 0 Å². The predicted molar refractivity (Wildman–Crippen MR) is 127 cm³/mol. The molecular weight excluding hydrogens is 460 g/mol. The van der Waals surface area contributed by atoms with E-state index < -0.39 is 11.9 Å². The Balaban J connectivity index is 0.000000192. The van der Waals surface area contributed by atoms with Gasteiger partial charge in [-0.2, -0.15) is 10.2 Å². The minimum atomic E-state index is -0.483. The van der Waals surface area contributed by atoms with Gasteiger partial charge in [-0.1, -0.05) is 18.2 Å². The van der Waals surface area contributed by atoms with Gasteiger partial charge in [0.15, 0.2) is 11.3 Å². The largest absolute Gasteiger partial charge is 0.462 e. The average molecular weight is 485 g/mol. The van der Waals surface area contributed by atoms with Crippen LogP contribution in [-0.2, 0) is 9.47 Å². The monoisotopic (exact) mass is 484 g/mol.